The summed E-state index contributed by atoms with van der Waals surface area (Å²) in [6.07, 6.45) is 2.97. The molecule has 1 aliphatic heterocycles. The number of ether oxygens (including phenoxy) is 2. The van der Waals surface area contributed by atoms with Gasteiger partial charge in [0.25, 0.3) is 5.69 Å². The number of nitro benzene ring substituents is 1. The predicted molar refractivity (Wildman–Crippen MR) is 120 cm³/mol. The molecule has 0 saturated heterocycles. The molecule has 4 rings (SSSR count). The van der Waals surface area contributed by atoms with Crippen molar-refractivity contribution in [2.45, 2.75) is 57.3 Å². The Kier molecular flexibility index (Phi) is 7.02. The van der Waals surface area contributed by atoms with Crippen LogP contribution >= 0.6 is 0 Å². The van der Waals surface area contributed by atoms with E-state index in [9.17, 15) is 15.2 Å². The van der Waals surface area contributed by atoms with Crippen LogP contribution in [0.5, 0.6) is 11.5 Å². The molecule has 2 aliphatic rings. The summed E-state index contributed by atoms with van der Waals surface area (Å²) in [5, 5.41) is 24.9. The lowest BCUT2D eigenvalue weighted by Crippen LogP contribution is -2.46. The Hall–Kier alpha value is -2.84. The van der Waals surface area contributed by atoms with Crippen molar-refractivity contribution in [3.05, 3.63) is 57.6 Å². The zero-order chi connectivity index (χ0) is 22.6. The molecule has 1 unspecified atom stereocenters. The molecule has 0 spiro atoms. The number of nitro groups is 1. The van der Waals surface area contributed by atoms with E-state index in [1.807, 2.05) is 24.3 Å². The van der Waals surface area contributed by atoms with Gasteiger partial charge in [-0.1, -0.05) is 12.1 Å². The first-order valence-corrected chi connectivity index (χ1v) is 10.5. The number of benzene rings is 2. The molecule has 31 heavy (non-hydrogen) atoms. The second-order valence-corrected chi connectivity index (χ2v) is 8.52. The Bertz CT molecular complexity index is 910. The first-order chi connectivity index (χ1) is 14.7. The molecule has 2 aromatic rings. The van der Waals surface area contributed by atoms with Gasteiger partial charge in [-0.05, 0) is 62.4 Å². The van der Waals surface area contributed by atoms with E-state index in [4.69, 9.17) is 15.2 Å². The number of nitrogens with zero attached hydrogens (tertiary/aromatic N) is 1. The number of nitrogens with one attached hydrogen (secondary N) is 1. The summed E-state index contributed by atoms with van der Waals surface area (Å²) in [4.78, 5) is 11.1. The normalized spacial score (nSPS) is 18.7. The summed E-state index contributed by atoms with van der Waals surface area (Å²) in [7, 11) is 1.62. The summed E-state index contributed by atoms with van der Waals surface area (Å²) in [6.45, 7) is 4.09. The van der Waals surface area contributed by atoms with Gasteiger partial charge >= 0.3 is 0 Å². The summed E-state index contributed by atoms with van der Waals surface area (Å²) < 4.78 is 10.9. The zero-order valence-corrected chi connectivity index (χ0v) is 18.3. The summed E-state index contributed by atoms with van der Waals surface area (Å²) >= 11 is 0. The number of anilines is 1. The molecule has 1 heterocycles. The van der Waals surface area contributed by atoms with Crippen LogP contribution in [0.15, 0.2) is 36.4 Å². The summed E-state index contributed by atoms with van der Waals surface area (Å²) in [6, 6.07) is 11.4. The van der Waals surface area contributed by atoms with Crippen LogP contribution in [0.25, 0.3) is 0 Å². The third-order valence-corrected chi connectivity index (χ3v) is 5.47. The van der Waals surface area contributed by atoms with Crippen molar-refractivity contribution in [3.63, 3.8) is 0 Å². The van der Waals surface area contributed by atoms with Gasteiger partial charge in [-0.2, -0.15) is 0 Å². The molecule has 0 amide bonds. The monoisotopic (exact) mass is 429 g/mol. The molecule has 1 fully saturated rings. The third-order valence-electron chi connectivity index (χ3n) is 5.47. The van der Waals surface area contributed by atoms with Crippen molar-refractivity contribution in [2.75, 3.05) is 19.0 Å². The third kappa shape index (κ3) is 6.08. The van der Waals surface area contributed by atoms with Gasteiger partial charge in [-0.15, -0.1) is 0 Å². The fraction of sp³-hybridized carbons (Fsp3) is 0.478. The van der Waals surface area contributed by atoms with Gasteiger partial charge < -0.3 is 25.6 Å². The molecule has 8 heteroatoms. The number of hydrogen-bond acceptors (Lipinski definition) is 7. The van der Waals surface area contributed by atoms with Crippen LogP contribution < -0.4 is 20.5 Å². The Morgan fingerprint density at radius 3 is 2.48 bits per heavy atom. The molecule has 1 aliphatic carbocycles. The van der Waals surface area contributed by atoms with Gasteiger partial charge in [0, 0.05) is 19.0 Å². The number of nitrogens with two attached hydrogens (primary N) is 1. The quantitative estimate of drug-likeness (QED) is 0.475. The van der Waals surface area contributed by atoms with Gasteiger partial charge in [-0.3, -0.25) is 10.1 Å². The SMILES string of the molecule is COc1ccc(CCNc2cc3c(cc2[N+](=O)[O-])OC(C)(C)C(O)C3)cc1.NC1CC1. The molecule has 1 saturated carbocycles. The highest BCUT2D eigenvalue weighted by atomic mass is 16.6. The van der Waals surface area contributed by atoms with Crippen LogP contribution in [0.3, 0.4) is 0 Å². The number of aliphatic hydroxyl groups is 1. The second kappa shape index (κ2) is 9.53. The van der Waals surface area contributed by atoms with Gasteiger partial charge in [0.15, 0.2) is 0 Å². The number of hydrogen-bond donors (Lipinski definition) is 3. The molecule has 0 aromatic heterocycles. The van der Waals surface area contributed by atoms with Crippen molar-refractivity contribution in [1.29, 1.82) is 0 Å². The molecule has 0 radical (unpaired) electrons. The maximum atomic E-state index is 11.5. The van der Waals surface area contributed by atoms with Crippen LogP contribution in [0, 0.1) is 10.1 Å². The van der Waals surface area contributed by atoms with Crippen molar-refractivity contribution < 1.29 is 19.5 Å². The largest absolute Gasteiger partial charge is 0.497 e. The Morgan fingerprint density at radius 1 is 1.29 bits per heavy atom. The topological polar surface area (TPSA) is 120 Å². The van der Waals surface area contributed by atoms with E-state index in [0.29, 0.717) is 36.9 Å². The summed E-state index contributed by atoms with van der Waals surface area (Å²) in [5.41, 5.74) is 6.71. The maximum Gasteiger partial charge on any atom is 0.296 e. The number of rotatable bonds is 6. The number of aliphatic hydroxyl groups excluding tert-OH is 1. The van der Waals surface area contributed by atoms with E-state index in [1.165, 1.54) is 18.9 Å². The summed E-state index contributed by atoms with van der Waals surface area (Å²) in [5.74, 6) is 1.25. The second-order valence-electron chi connectivity index (χ2n) is 8.52. The lowest BCUT2D eigenvalue weighted by molar-refractivity contribution is -0.384. The molecule has 1 atom stereocenters. The van der Waals surface area contributed by atoms with E-state index < -0.39 is 16.6 Å². The lowest BCUT2D eigenvalue weighted by atomic mass is 9.90. The minimum atomic E-state index is -0.774. The van der Waals surface area contributed by atoms with Crippen molar-refractivity contribution >= 4 is 11.4 Å². The smallest absolute Gasteiger partial charge is 0.296 e. The molecule has 2 aromatic carbocycles. The first kappa shape index (κ1) is 22.8. The predicted octanol–water partition coefficient (Wildman–Crippen LogP) is 3.44. The fourth-order valence-electron chi connectivity index (χ4n) is 3.20. The molecule has 8 nitrogen and oxygen atoms in total. The Morgan fingerprint density at radius 2 is 1.94 bits per heavy atom. The Labute approximate surface area is 182 Å². The molecular weight excluding hydrogens is 398 g/mol. The van der Waals surface area contributed by atoms with E-state index in [2.05, 4.69) is 5.32 Å². The lowest BCUT2D eigenvalue weighted by Gasteiger charge is -2.37. The Balaban J connectivity index is 0.000000610. The zero-order valence-electron chi connectivity index (χ0n) is 18.3. The van der Waals surface area contributed by atoms with Crippen LogP contribution in [0.1, 0.15) is 37.8 Å². The minimum Gasteiger partial charge on any atom is -0.497 e. The van der Waals surface area contributed by atoms with Crippen LogP contribution in [-0.2, 0) is 12.8 Å². The maximum absolute atomic E-state index is 11.5. The number of fused-ring (bicyclic) bond motifs is 1. The van der Waals surface area contributed by atoms with Gasteiger partial charge in [0.1, 0.15) is 22.8 Å². The molecular formula is C23H31N3O5. The van der Waals surface area contributed by atoms with Crippen molar-refractivity contribution in [3.8, 4) is 11.5 Å². The number of methoxy groups -OCH3 is 1. The van der Waals surface area contributed by atoms with Crippen LogP contribution in [-0.4, -0.2) is 41.4 Å². The van der Waals surface area contributed by atoms with Crippen molar-refractivity contribution in [1.82, 2.24) is 0 Å². The first-order valence-electron chi connectivity index (χ1n) is 10.5. The van der Waals surface area contributed by atoms with E-state index in [-0.39, 0.29) is 5.69 Å². The molecule has 0 bridgehead atoms. The van der Waals surface area contributed by atoms with E-state index in [0.717, 1.165) is 16.9 Å². The molecule has 168 valence electrons. The van der Waals surface area contributed by atoms with Crippen LogP contribution in [0.4, 0.5) is 11.4 Å². The van der Waals surface area contributed by atoms with E-state index in [1.54, 1.807) is 27.0 Å². The van der Waals surface area contributed by atoms with Gasteiger partial charge in [-0.25, -0.2) is 0 Å². The average molecular weight is 430 g/mol. The van der Waals surface area contributed by atoms with Gasteiger partial charge in [0.2, 0.25) is 0 Å². The van der Waals surface area contributed by atoms with Crippen molar-refractivity contribution in [2.24, 2.45) is 5.73 Å². The fourth-order valence-corrected chi connectivity index (χ4v) is 3.20. The van der Waals surface area contributed by atoms with Crippen LogP contribution in [0.2, 0.25) is 0 Å². The van der Waals surface area contributed by atoms with E-state index >= 15 is 0 Å². The molecule has 4 N–H and O–H groups in total. The average Bonchev–Trinajstić information content (AvgIpc) is 3.51. The minimum absolute atomic E-state index is 0.0318. The highest BCUT2D eigenvalue weighted by molar-refractivity contribution is 5.67. The highest BCUT2D eigenvalue weighted by Gasteiger charge is 2.37. The standard InChI is InChI=1S/C20H24N2O5.C3H7N/c1-20(2)19(23)11-14-10-16(17(22(24)25)12-18(14)27-20)21-9-8-13-4-6-15(26-3)7-5-13;4-3-1-2-3/h4-7,10,12,19,21,23H,8-9,11H2,1-3H3;3H,1-2,4H2. The van der Waals surface area contributed by atoms with Gasteiger partial charge in [0.05, 0.1) is 24.2 Å². The highest BCUT2D eigenvalue weighted by Crippen LogP contribution is 2.39.